The predicted octanol–water partition coefficient (Wildman–Crippen LogP) is -0.874. The van der Waals surface area contributed by atoms with E-state index < -0.39 is 106 Å². The molecule has 0 bridgehead atoms. The van der Waals surface area contributed by atoms with Crippen molar-refractivity contribution in [1.29, 1.82) is 0 Å². The van der Waals surface area contributed by atoms with Crippen LogP contribution in [0.25, 0.3) is 0 Å². The third-order valence-corrected chi connectivity index (χ3v) is 10.5. The number of carboxylic acid groups (broad SMARTS) is 2. The van der Waals surface area contributed by atoms with Gasteiger partial charge in [-0.15, -0.1) is 0 Å². The van der Waals surface area contributed by atoms with Crippen LogP contribution < -0.4 is 59.1 Å². The van der Waals surface area contributed by atoms with Crippen molar-refractivity contribution in [2.75, 3.05) is 13.2 Å². The molecular formula is C40H68Na2O19S. The van der Waals surface area contributed by atoms with Gasteiger partial charge < -0.3 is 42.2 Å². The Hall–Kier alpha value is -2.01. The molecule has 0 saturated heterocycles. The van der Waals surface area contributed by atoms with Crippen molar-refractivity contribution >= 4 is 57.9 Å². The van der Waals surface area contributed by atoms with E-state index in [0.29, 0.717) is 25.7 Å². The number of aliphatic hydroxyl groups is 2. The van der Waals surface area contributed by atoms with E-state index >= 15 is 0 Å². The minimum atomic E-state index is -5.72. The molecule has 0 spiro atoms. The average Bonchev–Trinajstić information content (AvgIpc) is 3.13. The molecule has 0 aliphatic heterocycles. The van der Waals surface area contributed by atoms with Crippen LogP contribution in [0.4, 0.5) is 0 Å². The minimum absolute atomic E-state index is 0. The summed E-state index contributed by atoms with van der Waals surface area (Å²) in [4.78, 5) is 98.4. The van der Waals surface area contributed by atoms with Crippen LogP contribution in [0, 0.1) is 0 Å². The molecule has 0 aliphatic rings. The van der Waals surface area contributed by atoms with Gasteiger partial charge in [0.1, 0.15) is 0 Å². The second kappa shape index (κ2) is 36.2. The van der Waals surface area contributed by atoms with Crippen molar-refractivity contribution in [1.82, 2.24) is 0 Å². The molecule has 0 saturated carbocycles. The summed E-state index contributed by atoms with van der Waals surface area (Å²) in [5.41, 5.74) is -6.53. The van der Waals surface area contributed by atoms with Gasteiger partial charge in [-0.25, -0.2) is 9.59 Å². The van der Waals surface area contributed by atoms with E-state index in [1.54, 1.807) is 0 Å². The third-order valence-electron chi connectivity index (χ3n) is 9.42. The molecule has 0 aliphatic carbocycles. The molecule has 0 radical (unpaired) electrons. The second-order valence-electron chi connectivity index (χ2n) is 15.0. The quantitative estimate of drug-likeness (QED) is 0.0127. The Labute approximate surface area is 411 Å². The van der Waals surface area contributed by atoms with Crippen LogP contribution in [0.1, 0.15) is 177 Å². The SMILES string of the molecule is CCCCCCCCCCCCOC(=O)CC(O)(CC(=O)O)C(=O)OC(=O)CC(C(=O)OC(=O)C(O)(CC(=O)O)CC(=O)OCCCCCCCCCCCC)S(=O)(=O)O.[H-].[H-].[Na+].[Na+]. The first-order valence-electron chi connectivity index (χ1n) is 20.9. The topological polar surface area (TPSA) is 309 Å². The van der Waals surface area contributed by atoms with E-state index in [9.17, 15) is 71.8 Å². The van der Waals surface area contributed by atoms with Gasteiger partial charge in [0.2, 0.25) is 0 Å². The molecule has 3 atom stereocenters. The summed E-state index contributed by atoms with van der Waals surface area (Å²) in [6.45, 7) is 3.98. The Balaban J connectivity index is -0.00000290. The number of aliphatic carboxylic acids is 2. The number of esters is 6. The second-order valence-corrected chi connectivity index (χ2v) is 16.6. The van der Waals surface area contributed by atoms with Crippen LogP contribution >= 0.6 is 0 Å². The first kappa shape index (κ1) is 64.3. The molecule has 0 rings (SSSR count). The number of carbonyl (C=O) groups is 8. The Morgan fingerprint density at radius 3 is 1.11 bits per heavy atom. The van der Waals surface area contributed by atoms with Crippen molar-refractivity contribution in [3.63, 3.8) is 0 Å². The van der Waals surface area contributed by atoms with E-state index in [1.807, 2.05) is 0 Å². The molecule has 0 aromatic heterocycles. The molecule has 0 amide bonds. The Bertz CT molecular complexity index is 1500. The van der Waals surface area contributed by atoms with Crippen molar-refractivity contribution < 1.29 is 153 Å². The van der Waals surface area contributed by atoms with Crippen molar-refractivity contribution in [3.8, 4) is 0 Å². The van der Waals surface area contributed by atoms with Gasteiger partial charge >= 0.3 is 107 Å². The van der Waals surface area contributed by atoms with Crippen molar-refractivity contribution in [3.05, 3.63) is 0 Å². The van der Waals surface area contributed by atoms with Gasteiger partial charge in [0.05, 0.1) is 45.3 Å². The van der Waals surface area contributed by atoms with Crippen LogP contribution in [0.3, 0.4) is 0 Å². The van der Waals surface area contributed by atoms with E-state index in [0.717, 1.165) is 77.0 Å². The zero-order valence-electron chi connectivity index (χ0n) is 39.0. The monoisotopic (exact) mass is 930 g/mol. The standard InChI is InChI=1S/C40H66O19S.2Na.2H/c1-3-5-7-9-11-13-15-17-19-21-23-56-34(46)28-39(51,26-31(41)42)37(49)58-33(45)25-30(60(53,54)55)36(48)59-38(50)40(52,27-32(43)44)29-35(47)57-24-22-20-18-16-14-12-10-8-6-4-2;;;;/h30,51-52H,3-29H2,1-2H3,(H,41,42)(H,43,44)(H,53,54,55);;;;/q;2*+1;2*-1. The Kier molecular flexibility index (Phi) is 37.6. The number of hydrogen-bond donors (Lipinski definition) is 5. The summed E-state index contributed by atoms with van der Waals surface area (Å²) in [6, 6.07) is 0. The molecule has 5 N–H and O–H groups in total. The molecule has 0 fully saturated rings. The van der Waals surface area contributed by atoms with Crippen molar-refractivity contribution in [2.45, 2.75) is 191 Å². The van der Waals surface area contributed by atoms with Gasteiger partial charge in [0.15, 0.2) is 16.5 Å². The molecule has 0 aromatic carbocycles. The van der Waals surface area contributed by atoms with Crippen LogP contribution in [0.15, 0.2) is 0 Å². The summed E-state index contributed by atoms with van der Waals surface area (Å²) in [6.07, 6.45) is 12.1. The number of carboxylic acids is 2. The maximum atomic E-state index is 12.8. The van der Waals surface area contributed by atoms with E-state index in [-0.39, 0.29) is 75.2 Å². The fourth-order valence-corrected chi connectivity index (χ4v) is 6.64. The minimum Gasteiger partial charge on any atom is -1.00 e. The summed E-state index contributed by atoms with van der Waals surface area (Å²) in [5, 5.41) is 36.8. The molecule has 3 unspecified atom stereocenters. The predicted molar refractivity (Wildman–Crippen MR) is 214 cm³/mol. The van der Waals surface area contributed by atoms with E-state index in [2.05, 4.69) is 23.3 Å². The largest absolute Gasteiger partial charge is 1.00 e. The fraction of sp³-hybridized carbons (Fsp3) is 0.800. The summed E-state index contributed by atoms with van der Waals surface area (Å²) in [7, 11) is -5.72. The van der Waals surface area contributed by atoms with Crippen molar-refractivity contribution in [2.24, 2.45) is 0 Å². The Morgan fingerprint density at radius 2 is 0.806 bits per heavy atom. The Morgan fingerprint density at radius 1 is 0.500 bits per heavy atom. The third kappa shape index (κ3) is 31.0. The number of unbranched alkanes of at least 4 members (excludes halogenated alkanes) is 18. The van der Waals surface area contributed by atoms with E-state index in [4.69, 9.17) is 9.47 Å². The number of ether oxygens (including phenoxy) is 4. The molecule has 0 heterocycles. The maximum absolute atomic E-state index is 12.8. The van der Waals surface area contributed by atoms with Gasteiger partial charge in [-0.1, -0.05) is 129 Å². The summed E-state index contributed by atoms with van der Waals surface area (Å²) >= 11 is 0. The van der Waals surface area contributed by atoms with Crippen LogP contribution in [0.2, 0.25) is 0 Å². The normalized spacial score (nSPS) is 13.4. The number of carbonyl (C=O) groups excluding carboxylic acids is 6. The summed E-state index contributed by atoms with van der Waals surface area (Å²) in [5.74, 6) is -14.8. The van der Waals surface area contributed by atoms with Gasteiger partial charge in [0.25, 0.3) is 10.1 Å². The first-order valence-corrected chi connectivity index (χ1v) is 22.4. The smallest absolute Gasteiger partial charge is 1.00 e. The first-order chi connectivity index (χ1) is 28.2. The molecule has 22 heteroatoms. The zero-order valence-corrected chi connectivity index (χ0v) is 41.8. The zero-order chi connectivity index (χ0) is 45.6. The van der Waals surface area contributed by atoms with Crippen LogP contribution in [0.5, 0.6) is 0 Å². The van der Waals surface area contributed by atoms with E-state index in [1.165, 1.54) is 25.7 Å². The molecule has 0 aromatic rings. The van der Waals surface area contributed by atoms with Crippen LogP contribution in [-0.4, -0.2) is 111 Å². The maximum Gasteiger partial charge on any atom is 1.00 e. The van der Waals surface area contributed by atoms with Gasteiger partial charge in [0, 0.05) is 0 Å². The van der Waals surface area contributed by atoms with Gasteiger partial charge in [-0.05, 0) is 12.8 Å². The molecule has 62 heavy (non-hydrogen) atoms. The number of hydrogen-bond acceptors (Lipinski definition) is 16. The molecule has 19 nitrogen and oxygen atoms in total. The van der Waals surface area contributed by atoms with Crippen LogP contribution in [-0.2, 0) is 67.4 Å². The number of rotatable bonds is 36. The molecule has 350 valence electrons. The summed E-state index contributed by atoms with van der Waals surface area (Å²) < 4.78 is 52.2. The average molecular weight is 931 g/mol. The van der Waals surface area contributed by atoms with Gasteiger partial charge in [-0.2, -0.15) is 8.42 Å². The van der Waals surface area contributed by atoms with Gasteiger partial charge in [-0.3, -0.25) is 33.3 Å². The molecular weight excluding hydrogens is 862 g/mol. The fourth-order valence-electron chi connectivity index (χ4n) is 6.00.